The van der Waals surface area contributed by atoms with Crippen LogP contribution in [0.3, 0.4) is 0 Å². The van der Waals surface area contributed by atoms with Crippen LogP contribution in [0.2, 0.25) is 0 Å². The fraction of sp³-hybridized carbons (Fsp3) is 0.273. The van der Waals surface area contributed by atoms with Crippen LogP contribution in [0.5, 0.6) is 0 Å². The van der Waals surface area contributed by atoms with Gasteiger partial charge in [0.1, 0.15) is 0 Å². The van der Waals surface area contributed by atoms with Crippen molar-refractivity contribution in [1.82, 2.24) is 0 Å². The number of methoxy groups -OCH3 is 1. The van der Waals surface area contributed by atoms with Crippen LogP contribution in [0.4, 0.5) is 0 Å². The summed E-state index contributed by atoms with van der Waals surface area (Å²) in [5, 5.41) is 0. The van der Waals surface area contributed by atoms with Gasteiger partial charge in [-0.15, -0.1) is 0 Å². The molecule has 79 valence electrons. The summed E-state index contributed by atoms with van der Waals surface area (Å²) in [6.45, 7) is 1.60. The Labute approximate surface area is 87.8 Å². The normalized spacial score (nSPS) is 9.40. The van der Waals surface area contributed by atoms with E-state index >= 15 is 0 Å². The molecule has 0 aliphatic carbocycles. The first-order valence-electron chi connectivity index (χ1n) is 4.44. The third-order valence-electron chi connectivity index (χ3n) is 1.90. The van der Waals surface area contributed by atoms with E-state index in [1.165, 1.54) is 13.6 Å². The molecule has 0 spiro atoms. The Hall–Kier alpha value is -1.84. The average molecular weight is 207 g/mol. The molecule has 1 rings (SSSR count). The summed E-state index contributed by atoms with van der Waals surface area (Å²) in [4.78, 5) is 21.0. The van der Waals surface area contributed by atoms with Gasteiger partial charge in [-0.05, 0) is 17.7 Å². The van der Waals surface area contributed by atoms with E-state index in [0.717, 1.165) is 5.56 Å². The van der Waals surface area contributed by atoms with E-state index in [1.807, 2.05) is 6.07 Å². The van der Waals surface area contributed by atoms with Crippen LogP contribution >= 0.6 is 0 Å². The highest BCUT2D eigenvalue weighted by Gasteiger charge is 2.05. The lowest BCUT2D eigenvalue weighted by atomic mass is 10.1. The van der Waals surface area contributed by atoms with E-state index in [2.05, 4.69) is 9.47 Å². The van der Waals surface area contributed by atoms with Crippen LogP contribution in [0.1, 0.15) is 15.9 Å². The fourth-order valence-corrected chi connectivity index (χ4v) is 1.18. The molecule has 15 heavy (non-hydrogen) atoms. The molecule has 0 saturated heterocycles. The Morgan fingerprint density at radius 2 is 2.27 bits per heavy atom. The average Bonchev–Trinajstić information content (AvgIpc) is 2.29. The van der Waals surface area contributed by atoms with Crippen molar-refractivity contribution < 1.29 is 19.1 Å². The van der Waals surface area contributed by atoms with E-state index in [-0.39, 0.29) is 12.6 Å². The highest BCUT2D eigenvalue weighted by Crippen LogP contribution is 2.07. The lowest BCUT2D eigenvalue weighted by molar-refractivity contribution is 0.0600. The second kappa shape index (κ2) is 5.80. The van der Waals surface area contributed by atoms with Gasteiger partial charge in [0, 0.05) is 6.42 Å². The minimum Gasteiger partial charge on any atom is -0.465 e. The van der Waals surface area contributed by atoms with Gasteiger partial charge in [-0.25, -0.2) is 9.59 Å². The van der Waals surface area contributed by atoms with Crippen molar-refractivity contribution in [3.05, 3.63) is 35.4 Å². The van der Waals surface area contributed by atoms with Crippen LogP contribution in [-0.4, -0.2) is 26.2 Å². The second-order valence-electron chi connectivity index (χ2n) is 2.87. The molecular weight excluding hydrogens is 196 g/mol. The number of esters is 1. The molecule has 0 amide bonds. The van der Waals surface area contributed by atoms with Crippen molar-refractivity contribution >= 4 is 12.4 Å². The standard InChI is InChI=1S/C11H11O4/c1-14-11(13)10-4-2-3-9(7-10)5-6-15-8-12/h2-4,7H,5-6H2,1H3. The number of hydrogen-bond acceptors (Lipinski definition) is 4. The molecule has 0 bridgehead atoms. The highest BCUT2D eigenvalue weighted by molar-refractivity contribution is 5.89. The zero-order valence-electron chi connectivity index (χ0n) is 8.36. The zero-order chi connectivity index (χ0) is 11.1. The summed E-state index contributed by atoms with van der Waals surface area (Å²) in [5.74, 6) is -0.375. The number of hydrogen-bond donors (Lipinski definition) is 0. The van der Waals surface area contributed by atoms with Gasteiger partial charge in [-0.1, -0.05) is 12.1 Å². The summed E-state index contributed by atoms with van der Waals surface area (Å²) >= 11 is 0. The van der Waals surface area contributed by atoms with Crippen molar-refractivity contribution in [2.45, 2.75) is 6.42 Å². The number of benzene rings is 1. The van der Waals surface area contributed by atoms with Gasteiger partial charge in [0.05, 0.1) is 19.3 Å². The topological polar surface area (TPSA) is 52.6 Å². The van der Waals surface area contributed by atoms with Crippen LogP contribution in [0, 0.1) is 0 Å². The predicted molar refractivity (Wildman–Crippen MR) is 53.1 cm³/mol. The van der Waals surface area contributed by atoms with E-state index in [9.17, 15) is 9.59 Å². The Balaban J connectivity index is 2.65. The molecule has 0 N–H and O–H groups in total. The third kappa shape index (κ3) is 3.42. The lowest BCUT2D eigenvalue weighted by Gasteiger charge is -2.02. The minimum atomic E-state index is -0.375. The maximum absolute atomic E-state index is 11.2. The molecule has 0 atom stereocenters. The summed E-state index contributed by atoms with van der Waals surface area (Å²) in [7, 11) is 1.33. The van der Waals surface area contributed by atoms with Crippen LogP contribution < -0.4 is 0 Å². The van der Waals surface area contributed by atoms with E-state index in [4.69, 9.17) is 0 Å². The monoisotopic (exact) mass is 207 g/mol. The number of carbonyl (C=O) groups excluding carboxylic acids is 2. The molecule has 0 aromatic heterocycles. The summed E-state index contributed by atoms with van der Waals surface area (Å²) in [5.41, 5.74) is 1.40. The smallest absolute Gasteiger partial charge is 0.417 e. The van der Waals surface area contributed by atoms with Gasteiger partial charge < -0.3 is 9.47 Å². The maximum atomic E-state index is 11.2. The van der Waals surface area contributed by atoms with Gasteiger partial charge in [-0.3, -0.25) is 0 Å². The highest BCUT2D eigenvalue weighted by atomic mass is 16.5. The van der Waals surface area contributed by atoms with E-state index < -0.39 is 0 Å². The molecule has 1 radical (unpaired) electrons. The van der Waals surface area contributed by atoms with Gasteiger partial charge in [0.25, 0.3) is 0 Å². The first-order valence-corrected chi connectivity index (χ1v) is 4.44. The Bertz CT molecular complexity index is 346. The predicted octanol–water partition coefficient (Wildman–Crippen LogP) is 1.10. The Kier molecular flexibility index (Phi) is 4.34. The fourth-order valence-electron chi connectivity index (χ4n) is 1.18. The number of ether oxygens (including phenoxy) is 2. The maximum Gasteiger partial charge on any atom is 0.417 e. The zero-order valence-corrected chi connectivity index (χ0v) is 8.36. The lowest BCUT2D eigenvalue weighted by Crippen LogP contribution is -2.03. The molecule has 1 aromatic rings. The summed E-state index contributed by atoms with van der Waals surface area (Å²) in [6, 6.07) is 6.98. The number of rotatable bonds is 5. The molecule has 0 aliphatic rings. The Morgan fingerprint density at radius 1 is 1.47 bits per heavy atom. The molecule has 0 heterocycles. The first-order chi connectivity index (χ1) is 7.27. The molecule has 0 fully saturated rings. The molecular formula is C11H11O4. The quantitative estimate of drug-likeness (QED) is 0.536. The van der Waals surface area contributed by atoms with E-state index in [0.29, 0.717) is 12.0 Å². The first kappa shape index (κ1) is 11.2. The minimum absolute atomic E-state index is 0.258. The van der Waals surface area contributed by atoms with Crippen molar-refractivity contribution in [2.24, 2.45) is 0 Å². The SMILES string of the molecule is COC(=O)c1cccc(CCO[C]=O)c1. The van der Waals surface area contributed by atoms with Crippen LogP contribution in [-0.2, 0) is 20.7 Å². The molecule has 0 saturated carbocycles. The van der Waals surface area contributed by atoms with Gasteiger partial charge in [-0.2, -0.15) is 0 Å². The molecule has 4 nitrogen and oxygen atoms in total. The molecule has 0 unspecified atom stereocenters. The van der Waals surface area contributed by atoms with Gasteiger partial charge >= 0.3 is 12.4 Å². The second-order valence-corrected chi connectivity index (χ2v) is 2.87. The molecule has 0 aliphatic heterocycles. The van der Waals surface area contributed by atoms with Crippen molar-refractivity contribution in [3.8, 4) is 0 Å². The third-order valence-corrected chi connectivity index (χ3v) is 1.90. The largest absolute Gasteiger partial charge is 0.465 e. The van der Waals surface area contributed by atoms with Crippen molar-refractivity contribution in [3.63, 3.8) is 0 Å². The van der Waals surface area contributed by atoms with Crippen LogP contribution in [0.25, 0.3) is 0 Å². The van der Waals surface area contributed by atoms with Crippen molar-refractivity contribution in [1.29, 1.82) is 0 Å². The van der Waals surface area contributed by atoms with Crippen molar-refractivity contribution in [2.75, 3.05) is 13.7 Å². The summed E-state index contributed by atoms with van der Waals surface area (Å²) < 4.78 is 9.03. The van der Waals surface area contributed by atoms with Crippen LogP contribution in [0.15, 0.2) is 24.3 Å². The molecule has 1 aromatic carbocycles. The van der Waals surface area contributed by atoms with E-state index in [1.54, 1.807) is 18.2 Å². The Morgan fingerprint density at radius 3 is 2.93 bits per heavy atom. The van der Waals surface area contributed by atoms with Gasteiger partial charge in [0.2, 0.25) is 0 Å². The number of carbonyl (C=O) groups is 1. The van der Waals surface area contributed by atoms with Gasteiger partial charge in [0.15, 0.2) is 0 Å². The summed E-state index contributed by atoms with van der Waals surface area (Å²) in [6.07, 6.45) is 0.556. The molecule has 4 heteroatoms.